The molecule has 0 unspecified atom stereocenters. The molecule has 0 aliphatic heterocycles. The van der Waals surface area contributed by atoms with Crippen molar-refractivity contribution in [2.45, 2.75) is 13.1 Å². The van der Waals surface area contributed by atoms with Crippen LogP contribution >= 0.6 is 0 Å². The van der Waals surface area contributed by atoms with Crippen molar-refractivity contribution in [3.63, 3.8) is 0 Å². The lowest BCUT2D eigenvalue weighted by atomic mass is 10.4. The van der Waals surface area contributed by atoms with Gasteiger partial charge in [0, 0.05) is 0 Å². The molecule has 0 aromatic rings. The number of carbonyl (C=O) groups excluding carboxylic acids is 2. The second kappa shape index (κ2) is 5.63. The van der Waals surface area contributed by atoms with Crippen LogP contribution in [0.3, 0.4) is 0 Å². The highest BCUT2D eigenvalue weighted by molar-refractivity contribution is 5.38. The quantitative estimate of drug-likeness (QED) is 0.325. The number of isocyanates is 2. The van der Waals surface area contributed by atoms with E-state index in [1.807, 2.05) is 0 Å². The summed E-state index contributed by atoms with van der Waals surface area (Å²) in [6.07, 6.45) is 4.94. The van der Waals surface area contributed by atoms with Crippen LogP contribution in [0.5, 0.6) is 0 Å². The summed E-state index contributed by atoms with van der Waals surface area (Å²) in [7, 11) is 0. The summed E-state index contributed by atoms with van der Waals surface area (Å²) >= 11 is 0. The average molecular weight is 138 g/mol. The maximum atomic E-state index is 9.65. The molecule has 0 atom stereocenters. The molecule has 0 heterocycles. The summed E-state index contributed by atoms with van der Waals surface area (Å²) in [5.41, 5.74) is 0. The van der Waals surface area contributed by atoms with Crippen molar-refractivity contribution >= 4 is 12.2 Å². The van der Waals surface area contributed by atoms with Crippen LogP contribution in [-0.2, 0) is 9.59 Å². The summed E-state index contributed by atoms with van der Waals surface area (Å²) < 4.78 is 0. The average Bonchev–Trinajstić information content (AvgIpc) is 1.90. The smallest absolute Gasteiger partial charge is 0.211 e. The van der Waals surface area contributed by atoms with E-state index in [9.17, 15) is 9.59 Å². The van der Waals surface area contributed by atoms with E-state index in [4.69, 9.17) is 0 Å². The van der Waals surface area contributed by atoms with Gasteiger partial charge >= 0.3 is 0 Å². The van der Waals surface area contributed by atoms with Crippen molar-refractivity contribution in [1.82, 2.24) is 0 Å². The highest BCUT2D eigenvalue weighted by atomic mass is 16.1. The molecule has 0 amide bonds. The zero-order valence-corrected chi connectivity index (χ0v) is 5.44. The summed E-state index contributed by atoms with van der Waals surface area (Å²) in [5.74, 6) is 0. The Hall–Kier alpha value is -1.50. The number of hydrogen-bond acceptors (Lipinski definition) is 4. The van der Waals surface area contributed by atoms with E-state index in [2.05, 4.69) is 9.98 Å². The maximum absolute atomic E-state index is 9.65. The zero-order chi connectivity index (χ0) is 7.82. The van der Waals surface area contributed by atoms with Gasteiger partial charge in [0.05, 0.1) is 0 Å². The molecule has 4 nitrogen and oxygen atoms in total. The van der Waals surface area contributed by atoms with Crippen molar-refractivity contribution < 1.29 is 9.59 Å². The van der Waals surface area contributed by atoms with Crippen LogP contribution in [0.4, 0.5) is 0 Å². The SMILES string of the molecule is C/C=C/C(N=C=O)N=C=O. The molecular formula is C6H6N2O2. The number of allylic oxidation sites excluding steroid dienone is 1. The Labute approximate surface area is 58.0 Å². The third kappa shape index (κ3) is 3.50. The fraction of sp³-hybridized carbons (Fsp3) is 0.333. The lowest BCUT2D eigenvalue weighted by Crippen LogP contribution is -1.92. The molecule has 52 valence electrons. The second-order valence-electron chi connectivity index (χ2n) is 1.38. The highest BCUT2D eigenvalue weighted by Crippen LogP contribution is 1.91. The van der Waals surface area contributed by atoms with Crippen LogP contribution in [0, 0.1) is 0 Å². The van der Waals surface area contributed by atoms with Gasteiger partial charge in [0.15, 0.2) is 6.17 Å². The first-order valence-corrected chi connectivity index (χ1v) is 2.62. The molecular weight excluding hydrogens is 132 g/mol. The standard InChI is InChI=1S/C6H6N2O2/c1-2-3-6(7-4-9)8-5-10/h2-3,6H,1H3/b3-2+. The van der Waals surface area contributed by atoms with Gasteiger partial charge in [-0.2, -0.15) is 9.98 Å². The first-order valence-electron chi connectivity index (χ1n) is 2.62. The Morgan fingerprint density at radius 2 is 1.80 bits per heavy atom. The lowest BCUT2D eigenvalue weighted by molar-refractivity contribution is 0.556. The van der Waals surface area contributed by atoms with Crippen LogP contribution in [0.25, 0.3) is 0 Å². The molecule has 0 saturated carbocycles. The summed E-state index contributed by atoms with van der Waals surface area (Å²) in [6.45, 7) is 1.73. The van der Waals surface area contributed by atoms with E-state index in [1.54, 1.807) is 13.0 Å². The molecule has 0 N–H and O–H groups in total. The Balaban J connectivity index is 4.24. The Bertz CT molecular complexity index is 192. The van der Waals surface area contributed by atoms with Crippen LogP contribution in [0.15, 0.2) is 22.1 Å². The molecule has 10 heavy (non-hydrogen) atoms. The normalized spacial score (nSPS) is 11.7. The summed E-state index contributed by atoms with van der Waals surface area (Å²) in [4.78, 5) is 25.7. The van der Waals surface area contributed by atoms with Crippen LogP contribution in [-0.4, -0.2) is 18.3 Å². The number of rotatable bonds is 3. The van der Waals surface area contributed by atoms with E-state index < -0.39 is 6.17 Å². The third-order valence-electron chi connectivity index (χ3n) is 0.735. The molecule has 0 radical (unpaired) electrons. The summed E-state index contributed by atoms with van der Waals surface area (Å²) in [5, 5.41) is 0. The van der Waals surface area contributed by atoms with Gasteiger partial charge in [-0.15, -0.1) is 0 Å². The zero-order valence-electron chi connectivity index (χ0n) is 5.44. The van der Waals surface area contributed by atoms with Gasteiger partial charge in [-0.3, -0.25) is 0 Å². The molecule has 0 aliphatic carbocycles. The largest absolute Gasteiger partial charge is 0.237 e. The monoisotopic (exact) mass is 138 g/mol. The minimum atomic E-state index is -0.750. The van der Waals surface area contributed by atoms with Crippen molar-refractivity contribution in [1.29, 1.82) is 0 Å². The Morgan fingerprint density at radius 1 is 1.30 bits per heavy atom. The fourth-order valence-electron chi connectivity index (χ4n) is 0.395. The van der Waals surface area contributed by atoms with Gasteiger partial charge in [0.1, 0.15) is 0 Å². The lowest BCUT2D eigenvalue weighted by Gasteiger charge is -1.89. The number of aliphatic imine (C=N–C) groups is 2. The van der Waals surface area contributed by atoms with Crippen molar-refractivity contribution in [3.05, 3.63) is 12.2 Å². The first-order chi connectivity index (χ1) is 4.85. The summed E-state index contributed by atoms with van der Waals surface area (Å²) in [6, 6.07) is 0. The van der Waals surface area contributed by atoms with Crippen molar-refractivity contribution in [2.75, 3.05) is 0 Å². The predicted molar refractivity (Wildman–Crippen MR) is 34.8 cm³/mol. The van der Waals surface area contributed by atoms with Gasteiger partial charge in [-0.1, -0.05) is 6.08 Å². The molecule has 0 rings (SSSR count). The molecule has 0 bridgehead atoms. The van der Waals surface area contributed by atoms with Gasteiger partial charge in [0.2, 0.25) is 12.2 Å². The second-order valence-corrected chi connectivity index (χ2v) is 1.38. The Kier molecular flexibility index (Phi) is 4.79. The molecule has 0 aliphatic rings. The van der Waals surface area contributed by atoms with Gasteiger partial charge in [0.25, 0.3) is 0 Å². The topological polar surface area (TPSA) is 58.9 Å². The van der Waals surface area contributed by atoms with E-state index in [0.29, 0.717) is 0 Å². The fourth-order valence-corrected chi connectivity index (χ4v) is 0.395. The van der Waals surface area contributed by atoms with E-state index in [0.717, 1.165) is 0 Å². The van der Waals surface area contributed by atoms with Gasteiger partial charge in [-0.25, -0.2) is 9.59 Å². The van der Waals surface area contributed by atoms with Crippen molar-refractivity contribution in [2.24, 2.45) is 9.98 Å². The number of nitrogens with zero attached hydrogens (tertiary/aromatic N) is 2. The van der Waals surface area contributed by atoms with Crippen LogP contribution in [0.2, 0.25) is 0 Å². The highest BCUT2D eigenvalue weighted by Gasteiger charge is 1.93. The molecule has 0 spiro atoms. The molecule has 0 aromatic carbocycles. The van der Waals surface area contributed by atoms with E-state index >= 15 is 0 Å². The minimum absolute atomic E-state index is 0.750. The third-order valence-corrected chi connectivity index (χ3v) is 0.735. The van der Waals surface area contributed by atoms with Gasteiger partial charge < -0.3 is 0 Å². The molecule has 0 aromatic heterocycles. The number of hydrogen-bond donors (Lipinski definition) is 0. The van der Waals surface area contributed by atoms with Gasteiger partial charge in [-0.05, 0) is 13.0 Å². The maximum Gasteiger partial charge on any atom is 0.237 e. The predicted octanol–water partition coefficient (Wildman–Crippen LogP) is 0.560. The Morgan fingerprint density at radius 3 is 2.10 bits per heavy atom. The minimum Gasteiger partial charge on any atom is -0.211 e. The van der Waals surface area contributed by atoms with Crippen molar-refractivity contribution in [3.8, 4) is 0 Å². The van der Waals surface area contributed by atoms with Crippen LogP contribution < -0.4 is 0 Å². The van der Waals surface area contributed by atoms with E-state index in [1.165, 1.54) is 18.2 Å². The van der Waals surface area contributed by atoms with E-state index in [-0.39, 0.29) is 0 Å². The molecule has 4 heteroatoms. The molecule has 0 fully saturated rings. The van der Waals surface area contributed by atoms with Crippen LogP contribution in [0.1, 0.15) is 6.92 Å². The molecule has 0 saturated heterocycles. The first kappa shape index (κ1) is 8.50.